The Bertz CT molecular complexity index is 710. The number of nitrogens with two attached hydrogens (primary N) is 1. The first-order valence-electron chi connectivity index (χ1n) is 8.86. The fourth-order valence-electron chi connectivity index (χ4n) is 2.83. The van der Waals surface area contributed by atoms with Gasteiger partial charge in [-0.15, -0.1) is 12.4 Å². The number of nitrogens with one attached hydrogen (secondary N) is 1. The molecule has 6 heteroatoms. The lowest BCUT2D eigenvalue weighted by Gasteiger charge is -2.19. The van der Waals surface area contributed by atoms with E-state index < -0.39 is 0 Å². The fraction of sp³-hybridized carbons (Fsp3) is 0.381. The first-order valence-corrected chi connectivity index (χ1v) is 8.86. The number of benzene rings is 2. The van der Waals surface area contributed by atoms with Crippen LogP contribution in [0.2, 0.25) is 0 Å². The van der Waals surface area contributed by atoms with Gasteiger partial charge in [-0.2, -0.15) is 0 Å². The van der Waals surface area contributed by atoms with Gasteiger partial charge in [0, 0.05) is 12.6 Å². The van der Waals surface area contributed by atoms with E-state index in [2.05, 4.69) is 5.32 Å². The Morgan fingerprint density at radius 1 is 1.07 bits per heavy atom. The predicted molar refractivity (Wildman–Crippen MR) is 111 cm³/mol. The van der Waals surface area contributed by atoms with E-state index in [0.29, 0.717) is 12.3 Å². The number of carbonyl (C=O) groups is 1. The Labute approximate surface area is 167 Å². The second-order valence-electron chi connectivity index (χ2n) is 6.31. The standard InChI is InChI=1S/C21H28N2O3.ClH/c1-15(20(22)17-9-5-4-6-10-17)21(24)23-13-7-8-16-11-12-18(25-2)19(14-16)26-3;/h4-6,9-12,14-15,20H,7-8,13,22H2,1-3H3,(H,23,24);1H. The van der Waals surface area contributed by atoms with Gasteiger partial charge in [0.2, 0.25) is 5.91 Å². The number of aryl methyl sites for hydroxylation is 1. The van der Waals surface area contributed by atoms with Crippen molar-refractivity contribution in [1.29, 1.82) is 0 Å². The minimum Gasteiger partial charge on any atom is -0.493 e. The van der Waals surface area contributed by atoms with E-state index in [1.165, 1.54) is 0 Å². The Hall–Kier alpha value is -2.24. The van der Waals surface area contributed by atoms with E-state index in [9.17, 15) is 4.79 Å². The molecule has 27 heavy (non-hydrogen) atoms. The highest BCUT2D eigenvalue weighted by Gasteiger charge is 2.21. The molecule has 0 heterocycles. The summed E-state index contributed by atoms with van der Waals surface area (Å²) in [5, 5.41) is 2.98. The molecule has 1 amide bonds. The number of hydrogen-bond donors (Lipinski definition) is 2. The van der Waals surface area contributed by atoms with E-state index in [-0.39, 0.29) is 30.3 Å². The molecular weight excluding hydrogens is 364 g/mol. The molecule has 2 unspecified atom stereocenters. The summed E-state index contributed by atoms with van der Waals surface area (Å²) in [6.07, 6.45) is 1.69. The van der Waals surface area contributed by atoms with Gasteiger partial charge in [0.05, 0.1) is 20.1 Å². The van der Waals surface area contributed by atoms with Crippen molar-refractivity contribution in [2.75, 3.05) is 20.8 Å². The van der Waals surface area contributed by atoms with Crippen LogP contribution in [0.3, 0.4) is 0 Å². The molecule has 0 aliphatic carbocycles. The molecule has 0 saturated heterocycles. The zero-order valence-electron chi connectivity index (χ0n) is 16.1. The van der Waals surface area contributed by atoms with Crippen molar-refractivity contribution >= 4 is 18.3 Å². The average Bonchev–Trinajstić information content (AvgIpc) is 2.70. The summed E-state index contributed by atoms with van der Waals surface area (Å²) in [6, 6.07) is 15.3. The van der Waals surface area contributed by atoms with Gasteiger partial charge in [-0.25, -0.2) is 0 Å². The van der Waals surface area contributed by atoms with E-state index in [1.54, 1.807) is 14.2 Å². The summed E-state index contributed by atoms with van der Waals surface area (Å²) in [5.41, 5.74) is 8.32. The SMILES string of the molecule is COc1ccc(CCCNC(=O)C(C)C(N)c2ccccc2)cc1OC.Cl. The van der Waals surface area contributed by atoms with E-state index in [1.807, 2.05) is 55.5 Å². The topological polar surface area (TPSA) is 73.6 Å². The molecule has 5 nitrogen and oxygen atoms in total. The van der Waals surface area contributed by atoms with Gasteiger partial charge in [-0.1, -0.05) is 43.3 Å². The molecule has 0 saturated carbocycles. The van der Waals surface area contributed by atoms with Gasteiger partial charge in [0.15, 0.2) is 11.5 Å². The highest BCUT2D eigenvalue weighted by atomic mass is 35.5. The van der Waals surface area contributed by atoms with Crippen LogP contribution in [0.4, 0.5) is 0 Å². The monoisotopic (exact) mass is 392 g/mol. The number of methoxy groups -OCH3 is 2. The second kappa shape index (κ2) is 11.5. The number of ether oxygens (including phenoxy) is 2. The van der Waals surface area contributed by atoms with Crippen molar-refractivity contribution < 1.29 is 14.3 Å². The van der Waals surface area contributed by atoms with Crippen molar-refractivity contribution in [2.45, 2.75) is 25.8 Å². The molecule has 148 valence electrons. The van der Waals surface area contributed by atoms with Gasteiger partial charge >= 0.3 is 0 Å². The fourth-order valence-corrected chi connectivity index (χ4v) is 2.83. The minimum atomic E-state index is -0.304. The third-order valence-electron chi connectivity index (χ3n) is 4.53. The van der Waals surface area contributed by atoms with Crippen molar-refractivity contribution in [1.82, 2.24) is 5.32 Å². The lowest BCUT2D eigenvalue weighted by molar-refractivity contribution is -0.125. The van der Waals surface area contributed by atoms with Crippen LogP contribution >= 0.6 is 12.4 Å². The normalized spacial score (nSPS) is 12.4. The molecule has 2 rings (SSSR count). The Balaban J connectivity index is 0.00000364. The van der Waals surface area contributed by atoms with Crippen LogP contribution in [0.15, 0.2) is 48.5 Å². The molecule has 0 radical (unpaired) electrons. The lowest BCUT2D eigenvalue weighted by atomic mass is 9.94. The number of carbonyl (C=O) groups excluding carboxylic acids is 1. The number of halogens is 1. The van der Waals surface area contributed by atoms with Crippen LogP contribution in [-0.4, -0.2) is 26.7 Å². The summed E-state index contributed by atoms with van der Waals surface area (Å²) >= 11 is 0. The van der Waals surface area contributed by atoms with Crippen LogP contribution in [-0.2, 0) is 11.2 Å². The molecule has 3 N–H and O–H groups in total. The van der Waals surface area contributed by atoms with Crippen molar-refractivity contribution in [3.8, 4) is 11.5 Å². The lowest BCUT2D eigenvalue weighted by Crippen LogP contribution is -2.36. The highest BCUT2D eigenvalue weighted by Crippen LogP contribution is 2.27. The Morgan fingerprint density at radius 3 is 2.37 bits per heavy atom. The van der Waals surface area contributed by atoms with Gasteiger partial charge < -0.3 is 20.5 Å². The largest absolute Gasteiger partial charge is 0.493 e. The van der Waals surface area contributed by atoms with Gasteiger partial charge in [0.25, 0.3) is 0 Å². The molecular formula is C21H29ClN2O3. The number of hydrogen-bond acceptors (Lipinski definition) is 4. The number of rotatable bonds is 9. The van der Waals surface area contributed by atoms with Crippen LogP contribution in [0, 0.1) is 5.92 Å². The minimum absolute atomic E-state index is 0. The Morgan fingerprint density at radius 2 is 1.74 bits per heavy atom. The van der Waals surface area contributed by atoms with Crippen LogP contribution in [0.1, 0.15) is 30.5 Å². The molecule has 0 fully saturated rings. The summed E-state index contributed by atoms with van der Waals surface area (Å²) in [7, 11) is 3.24. The first kappa shape index (κ1) is 22.8. The highest BCUT2D eigenvalue weighted by molar-refractivity contribution is 5.85. The molecule has 0 aromatic heterocycles. The quantitative estimate of drug-likeness (QED) is 0.640. The second-order valence-corrected chi connectivity index (χ2v) is 6.31. The van der Waals surface area contributed by atoms with Gasteiger partial charge in [0.1, 0.15) is 0 Å². The smallest absolute Gasteiger partial charge is 0.224 e. The molecule has 0 spiro atoms. The van der Waals surface area contributed by atoms with Gasteiger partial charge in [-0.05, 0) is 36.1 Å². The molecule has 2 aromatic carbocycles. The maximum atomic E-state index is 12.3. The average molecular weight is 393 g/mol. The molecule has 0 aliphatic rings. The number of amides is 1. The zero-order valence-corrected chi connectivity index (χ0v) is 16.9. The summed E-state index contributed by atoms with van der Waals surface area (Å²) in [5.74, 6) is 1.14. The third kappa shape index (κ3) is 6.45. The maximum Gasteiger partial charge on any atom is 0.224 e. The van der Waals surface area contributed by atoms with Crippen molar-refractivity contribution in [2.24, 2.45) is 11.7 Å². The van der Waals surface area contributed by atoms with E-state index in [4.69, 9.17) is 15.2 Å². The first-order chi connectivity index (χ1) is 12.6. The zero-order chi connectivity index (χ0) is 18.9. The Kier molecular flexibility index (Phi) is 9.68. The molecule has 0 bridgehead atoms. The van der Waals surface area contributed by atoms with Crippen molar-refractivity contribution in [3.63, 3.8) is 0 Å². The van der Waals surface area contributed by atoms with Crippen LogP contribution in [0.25, 0.3) is 0 Å². The van der Waals surface area contributed by atoms with Gasteiger partial charge in [-0.3, -0.25) is 4.79 Å². The third-order valence-corrected chi connectivity index (χ3v) is 4.53. The van der Waals surface area contributed by atoms with Crippen LogP contribution in [0.5, 0.6) is 11.5 Å². The predicted octanol–water partition coefficient (Wildman–Crippen LogP) is 3.51. The van der Waals surface area contributed by atoms with E-state index >= 15 is 0 Å². The molecule has 2 atom stereocenters. The van der Waals surface area contributed by atoms with E-state index in [0.717, 1.165) is 29.7 Å². The summed E-state index contributed by atoms with van der Waals surface area (Å²) < 4.78 is 10.6. The molecule has 2 aromatic rings. The summed E-state index contributed by atoms with van der Waals surface area (Å²) in [4.78, 5) is 12.3. The van der Waals surface area contributed by atoms with Crippen LogP contribution < -0.4 is 20.5 Å². The summed E-state index contributed by atoms with van der Waals surface area (Å²) in [6.45, 7) is 2.47. The van der Waals surface area contributed by atoms with Crippen molar-refractivity contribution in [3.05, 3.63) is 59.7 Å². The molecule has 0 aliphatic heterocycles. The maximum absolute atomic E-state index is 12.3.